The molecule has 1 aromatic carbocycles. The quantitative estimate of drug-likeness (QED) is 0.786. The van der Waals surface area contributed by atoms with Gasteiger partial charge in [-0.05, 0) is 43.5 Å². The maximum absolute atomic E-state index is 12.3. The van der Waals surface area contributed by atoms with E-state index in [4.69, 9.17) is 27.9 Å². The number of hydrogen-bond acceptors (Lipinski definition) is 3. The van der Waals surface area contributed by atoms with Crippen LogP contribution >= 0.6 is 23.2 Å². The number of allylic oxidation sites excluding steroid dienone is 1. The van der Waals surface area contributed by atoms with Crippen LogP contribution in [0.3, 0.4) is 0 Å². The molecule has 3 aliphatic rings. The van der Waals surface area contributed by atoms with E-state index < -0.39 is 0 Å². The van der Waals surface area contributed by atoms with Gasteiger partial charge >= 0.3 is 0 Å². The van der Waals surface area contributed by atoms with Crippen LogP contribution in [0.25, 0.3) is 6.08 Å². The highest BCUT2D eigenvalue weighted by Gasteiger charge is 2.36. The number of rotatable bonds is 3. The molecule has 3 heterocycles. The van der Waals surface area contributed by atoms with Crippen molar-refractivity contribution in [1.29, 1.82) is 0 Å². The third kappa shape index (κ3) is 2.77. The molecular weight excluding hydrogens is 309 g/mol. The molecule has 3 fully saturated rings. The Morgan fingerprint density at radius 2 is 1.90 bits per heavy atom. The lowest BCUT2D eigenvalue weighted by molar-refractivity contribution is -0.125. The monoisotopic (exact) mass is 325 g/mol. The van der Waals surface area contributed by atoms with Crippen LogP contribution < -0.4 is 4.74 Å². The number of benzene rings is 1. The summed E-state index contributed by atoms with van der Waals surface area (Å²) in [7, 11) is 0. The minimum absolute atomic E-state index is 0.190. The van der Waals surface area contributed by atoms with Gasteiger partial charge in [0.1, 0.15) is 0 Å². The van der Waals surface area contributed by atoms with E-state index in [-0.39, 0.29) is 11.7 Å². The van der Waals surface area contributed by atoms with Gasteiger partial charge in [0.25, 0.3) is 0 Å². The molecule has 0 amide bonds. The lowest BCUT2D eigenvalue weighted by atomic mass is 9.84. The zero-order valence-electron chi connectivity index (χ0n) is 11.9. The number of carbonyl (C=O) groups excluding carboxylic acids is 1. The summed E-state index contributed by atoms with van der Waals surface area (Å²) >= 11 is 12.4. The van der Waals surface area contributed by atoms with Crippen LogP contribution in [0.15, 0.2) is 17.8 Å². The molecule has 4 rings (SSSR count). The maximum atomic E-state index is 12.3. The number of fused-ring (bicyclic) bond motifs is 3. The van der Waals surface area contributed by atoms with Crippen LogP contribution in [0.2, 0.25) is 10.0 Å². The van der Waals surface area contributed by atoms with Crippen molar-refractivity contribution in [3.8, 4) is 5.75 Å². The third-order valence-corrected chi connectivity index (χ3v) is 4.63. The molecule has 5 heteroatoms. The summed E-state index contributed by atoms with van der Waals surface area (Å²) in [5, 5.41) is 0.944. The Hall–Kier alpha value is -1.19. The first-order chi connectivity index (χ1) is 10.1. The highest BCUT2D eigenvalue weighted by molar-refractivity contribution is 6.37. The molecule has 3 nitrogen and oxygen atoms in total. The van der Waals surface area contributed by atoms with Gasteiger partial charge in [0.15, 0.2) is 11.5 Å². The zero-order valence-corrected chi connectivity index (χ0v) is 13.4. The fraction of sp³-hybridized carbons (Fsp3) is 0.438. The molecule has 0 N–H and O–H groups in total. The highest BCUT2D eigenvalue weighted by atomic mass is 35.5. The van der Waals surface area contributed by atoms with Gasteiger partial charge < -0.3 is 9.64 Å². The zero-order chi connectivity index (χ0) is 15.0. The minimum atomic E-state index is 0.190. The second kappa shape index (κ2) is 5.90. The van der Waals surface area contributed by atoms with E-state index in [1.165, 1.54) is 0 Å². The number of piperidine rings is 3. The summed E-state index contributed by atoms with van der Waals surface area (Å²) in [5.74, 6) is 0.934. The van der Waals surface area contributed by atoms with Crippen molar-refractivity contribution in [3.63, 3.8) is 0 Å². The molecule has 0 atom stereocenters. The highest BCUT2D eigenvalue weighted by Crippen LogP contribution is 2.37. The minimum Gasteiger partial charge on any atom is -0.491 e. The molecular formula is C16H17Cl2NO2. The second-order valence-electron chi connectivity index (χ2n) is 5.40. The molecule has 0 radical (unpaired) electrons. The van der Waals surface area contributed by atoms with Gasteiger partial charge in [-0.15, -0.1) is 0 Å². The van der Waals surface area contributed by atoms with Crippen molar-refractivity contribution in [2.24, 2.45) is 5.92 Å². The van der Waals surface area contributed by atoms with Gasteiger partial charge in [0.05, 0.1) is 22.3 Å². The van der Waals surface area contributed by atoms with Crippen LogP contribution in [0.4, 0.5) is 0 Å². The molecule has 21 heavy (non-hydrogen) atoms. The fourth-order valence-corrected chi connectivity index (χ4v) is 3.63. The Morgan fingerprint density at radius 1 is 1.29 bits per heavy atom. The first-order valence-electron chi connectivity index (χ1n) is 7.23. The molecule has 112 valence electrons. The molecule has 0 spiro atoms. The Morgan fingerprint density at radius 3 is 2.43 bits per heavy atom. The molecule has 0 saturated carbocycles. The van der Waals surface area contributed by atoms with Crippen molar-refractivity contribution in [1.82, 2.24) is 4.90 Å². The van der Waals surface area contributed by atoms with E-state index >= 15 is 0 Å². The second-order valence-corrected chi connectivity index (χ2v) is 6.22. The summed E-state index contributed by atoms with van der Waals surface area (Å²) in [6, 6.07) is 3.59. The average molecular weight is 326 g/mol. The van der Waals surface area contributed by atoms with Gasteiger partial charge in [-0.2, -0.15) is 0 Å². The Labute approximate surface area is 134 Å². The number of carbonyl (C=O) groups is 1. The standard InChI is InChI=1S/C16H17Cl2NO2/c1-2-21-16-12(17)7-10(8-13(16)18)9-14-15(20)11-3-5-19(14)6-4-11/h7-9,11H,2-6H2,1H3/b14-9-. The Kier molecular flexibility index (Phi) is 4.14. The van der Waals surface area contributed by atoms with Gasteiger partial charge in [0.2, 0.25) is 0 Å². The lowest BCUT2D eigenvalue weighted by Crippen LogP contribution is -2.45. The van der Waals surface area contributed by atoms with Crippen molar-refractivity contribution in [2.45, 2.75) is 19.8 Å². The van der Waals surface area contributed by atoms with Crippen LogP contribution in [-0.2, 0) is 4.79 Å². The van der Waals surface area contributed by atoms with E-state index in [2.05, 4.69) is 4.90 Å². The summed E-state index contributed by atoms with van der Waals surface area (Å²) in [4.78, 5) is 14.5. The summed E-state index contributed by atoms with van der Waals surface area (Å²) in [5.41, 5.74) is 1.62. The van der Waals surface area contributed by atoms with Crippen LogP contribution in [0.1, 0.15) is 25.3 Å². The van der Waals surface area contributed by atoms with E-state index in [1.807, 2.05) is 13.0 Å². The third-order valence-electron chi connectivity index (χ3n) is 4.07. The lowest BCUT2D eigenvalue weighted by Gasteiger charge is -2.41. The molecule has 3 aliphatic heterocycles. The number of nitrogens with zero attached hydrogens (tertiary/aromatic N) is 1. The summed E-state index contributed by atoms with van der Waals surface area (Å²) in [6.07, 6.45) is 3.84. The predicted octanol–water partition coefficient (Wildman–Crippen LogP) is 4.03. The van der Waals surface area contributed by atoms with Gasteiger partial charge in [-0.3, -0.25) is 4.79 Å². The fourth-order valence-electron chi connectivity index (χ4n) is 3.01. The number of ketones is 1. The molecule has 0 aromatic heterocycles. The van der Waals surface area contributed by atoms with Crippen LogP contribution in [0.5, 0.6) is 5.75 Å². The van der Waals surface area contributed by atoms with E-state index in [0.717, 1.165) is 37.2 Å². The van der Waals surface area contributed by atoms with E-state index in [1.54, 1.807) is 12.1 Å². The first kappa shape index (κ1) is 14.7. The Balaban J connectivity index is 1.94. The first-order valence-corrected chi connectivity index (χ1v) is 7.98. The maximum Gasteiger partial charge on any atom is 0.182 e. The number of hydrogen-bond donors (Lipinski definition) is 0. The number of halogens is 2. The van der Waals surface area contributed by atoms with Gasteiger partial charge in [-0.1, -0.05) is 23.2 Å². The Bertz CT molecular complexity index is 581. The van der Waals surface area contributed by atoms with Crippen molar-refractivity contribution < 1.29 is 9.53 Å². The van der Waals surface area contributed by atoms with Crippen molar-refractivity contribution in [2.75, 3.05) is 19.7 Å². The van der Waals surface area contributed by atoms with Crippen molar-refractivity contribution in [3.05, 3.63) is 33.4 Å². The topological polar surface area (TPSA) is 29.5 Å². The summed E-state index contributed by atoms with van der Waals surface area (Å²) in [6.45, 7) is 4.31. The summed E-state index contributed by atoms with van der Waals surface area (Å²) < 4.78 is 5.42. The van der Waals surface area contributed by atoms with E-state index in [0.29, 0.717) is 22.4 Å². The number of ether oxygens (including phenoxy) is 1. The smallest absolute Gasteiger partial charge is 0.182 e. The number of Topliss-reactive ketones (excluding diaryl/α,β-unsaturated/α-hetero) is 1. The largest absolute Gasteiger partial charge is 0.491 e. The predicted molar refractivity (Wildman–Crippen MR) is 84.9 cm³/mol. The molecule has 2 bridgehead atoms. The SMILES string of the molecule is CCOc1c(Cl)cc(/C=C2/C(=O)C3CCN2CC3)cc1Cl. The molecule has 0 unspecified atom stereocenters. The van der Waals surface area contributed by atoms with Gasteiger partial charge in [0, 0.05) is 19.0 Å². The normalized spacial score (nSPS) is 20.4. The van der Waals surface area contributed by atoms with Crippen molar-refractivity contribution >= 4 is 35.1 Å². The molecule has 3 saturated heterocycles. The molecule has 1 aromatic rings. The molecule has 0 aliphatic carbocycles. The average Bonchev–Trinajstić information content (AvgIpc) is 2.47. The van der Waals surface area contributed by atoms with Gasteiger partial charge in [-0.25, -0.2) is 0 Å². The van der Waals surface area contributed by atoms with Crippen LogP contribution in [-0.4, -0.2) is 30.4 Å². The van der Waals surface area contributed by atoms with Crippen LogP contribution in [0, 0.1) is 5.92 Å². The van der Waals surface area contributed by atoms with E-state index in [9.17, 15) is 4.79 Å².